The third-order valence-electron chi connectivity index (χ3n) is 9.43. The normalized spacial score (nSPS) is 47.6. The maximum atomic E-state index is 17.4. The van der Waals surface area contributed by atoms with Gasteiger partial charge in [0.25, 0.3) is 0 Å². The fourth-order valence-electron chi connectivity index (χ4n) is 7.99. The zero-order valence-electron chi connectivity index (χ0n) is 17.8. The second-order valence-corrected chi connectivity index (χ2v) is 12.6. The van der Waals surface area contributed by atoms with Crippen LogP contribution in [0.1, 0.15) is 46.0 Å². The van der Waals surface area contributed by atoms with Crippen LogP contribution in [0, 0.1) is 17.3 Å². The van der Waals surface area contributed by atoms with E-state index in [1.165, 1.54) is 6.08 Å². The topological polar surface area (TPSA) is 60.4 Å². The molecule has 31 heavy (non-hydrogen) atoms. The summed E-state index contributed by atoms with van der Waals surface area (Å²) < 4.78 is 51.1. The van der Waals surface area contributed by atoms with E-state index in [1.807, 2.05) is 13.8 Å². The van der Waals surface area contributed by atoms with E-state index in [0.717, 1.165) is 5.57 Å². The number of alkyl halides is 1. The fourth-order valence-corrected chi connectivity index (χ4v) is 10.7. The molecule has 1 saturated heterocycles. The van der Waals surface area contributed by atoms with Crippen molar-refractivity contribution >= 4 is 15.6 Å². The van der Waals surface area contributed by atoms with Crippen LogP contribution in [0.4, 0.5) is 4.39 Å². The Morgan fingerprint density at radius 2 is 1.84 bits per heavy atom. The smallest absolute Gasteiger partial charge is 0.187 e. The van der Waals surface area contributed by atoms with Crippen LogP contribution >= 0.6 is 0 Å². The molecule has 0 N–H and O–H groups in total. The lowest BCUT2D eigenvalue weighted by Crippen LogP contribution is -2.67. The molecule has 1 unspecified atom stereocenters. The third-order valence-corrected chi connectivity index (χ3v) is 12.2. The molecule has 4 aliphatic carbocycles. The summed E-state index contributed by atoms with van der Waals surface area (Å²) in [4.78, 5) is 12.3. The van der Waals surface area contributed by atoms with Gasteiger partial charge in [0.05, 0.1) is 16.6 Å². The molecule has 6 heteroatoms. The van der Waals surface area contributed by atoms with Crippen LogP contribution in [0.25, 0.3) is 0 Å². The molecular formula is C25H27FO4S. The van der Waals surface area contributed by atoms with Gasteiger partial charge < -0.3 is 4.74 Å². The molecule has 164 valence electrons. The molecule has 0 radical (unpaired) electrons. The van der Waals surface area contributed by atoms with Crippen molar-refractivity contribution in [3.8, 4) is 0 Å². The van der Waals surface area contributed by atoms with E-state index < -0.39 is 43.3 Å². The van der Waals surface area contributed by atoms with Gasteiger partial charge in [-0.25, -0.2) is 12.8 Å². The largest absolute Gasteiger partial charge is 0.367 e. The van der Waals surface area contributed by atoms with Crippen molar-refractivity contribution in [1.29, 1.82) is 0 Å². The number of rotatable bonds is 2. The summed E-state index contributed by atoms with van der Waals surface area (Å²) >= 11 is 0. The Balaban J connectivity index is 1.55. The van der Waals surface area contributed by atoms with Crippen molar-refractivity contribution in [1.82, 2.24) is 0 Å². The van der Waals surface area contributed by atoms with E-state index in [0.29, 0.717) is 30.6 Å². The van der Waals surface area contributed by atoms with Gasteiger partial charge in [0.1, 0.15) is 4.75 Å². The van der Waals surface area contributed by atoms with Gasteiger partial charge in [0.15, 0.2) is 21.3 Å². The maximum Gasteiger partial charge on any atom is 0.187 e. The van der Waals surface area contributed by atoms with Crippen LogP contribution in [-0.2, 0) is 19.4 Å². The summed E-state index contributed by atoms with van der Waals surface area (Å²) in [6, 6.07) is 8.59. The minimum absolute atomic E-state index is 0.104. The SMILES string of the molecule is C[C@]12C=CC(=O)C=C1CC[C@H]1[C@@H]3CC[C@@]4(C)O[C@H](C[C@]34S(=O)(=O)c3ccccc3)C12F. The zero-order valence-corrected chi connectivity index (χ0v) is 18.6. The third kappa shape index (κ3) is 2.01. The lowest BCUT2D eigenvalue weighted by atomic mass is 9.48. The number of sulfone groups is 1. The first-order chi connectivity index (χ1) is 14.6. The van der Waals surface area contributed by atoms with Gasteiger partial charge in [-0.05, 0) is 76.2 Å². The average Bonchev–Trinajstić information content (AvgIpc) is 3.19. The average molecular weight is 443 g/mol. The number of fused-ring (bicyclic) bond motifs is 6. The Hall–Kier alpha value is -1.79. The second-order valence-electron chi connectivity index (χ2n) is 10.4. The van der Waals surface area contributed by atoms with Crippen molar-refractivity contribution in [3.05, 3.63) is 54.1 Å². The molecule has 1 heterocycles. The zero-order chi connectivity index (χ0) is 21.9. The number of hydrogen-bond donors (Lipinski definition) is 0. The lowest BCUT2D eigenvalue weighted by molar-refractivity contribution is -0.168. The molecule has 0 spiro atoms. The van der Waals surface area contributed by atoms with Crippen LogP contribution in [0.15, 0.2) is 59.0 Å². The van der Waals surface area contributed by atoms with Crippen LogP contribution < -0.4 is 0 Å². The van der Waals surface area contributed by atoms with E-state index in [4.69, 9.17) is 4.74 Å². The Morgan fingerprint density at radius 1 is 1.10 bits per heavy atom. The Bertz CT molecular complexity index is 1160. The molecule has 1 aromatic carbocycles. The molecule has 0 amide bonds. The van der Waals surface area contributed by atoms with Crippen LogP contribution in [0.2, 0.25) is 0 Å². The van der Waals surface area contributed by atoms with Gasteiger partial charge >= 0.3 is 0 Å². The molecule has 4 fully saturated rings. The summed E-state index contributed by atoms with van der Waals surface area (Å²) in [6.07, 6.45) is 6.54. The van der Waals surface area contributed by atoms with E-state index in [2.05, 4.69) is 0 Å². The molecule has 6 rings (SSSR count). The van der Waals surface area contributed by atoms with Gasteiger partial charge in [0.2, 0.25) is 0 Å². The van der Waals surface area contributed by atoms with E-state index in [9.17, 15) is 13.2 Å². The number of carbonyl (C=O) groups excluding carboxylic acids is 1. The lowest BCUT2D eigenvalue weighted by Gasteiger charge is -2.59. The van der Waals surface area contributed by atoms with Crippen LogP contribution in [-0.4, -0.2) is 36.3 Å². The minimum Gasteiger partial charge on any atom is -0.367 e. The maximum absolute atomic E-state index is 17.4. The molecule has 1 aliphatic heterocycles. The molecule has 2 bridgehead atoms. The molecule has 4 nitrogen and oxygen atoms in total. The summed E-state index contributed by atoms with van der Waals surface area (Å²) in [7, 11) is -3.74. The van der Waals surface area contributed by atoms with Gasteiger partial charge in [-0.2, -0.15) is 0 Å². The Kier molecular flexibility index (Phi) is 3.69. The summed E-state index contributed by atoms with van der Waals surface area (Å²) in [5, 5.41) is 0. The number of ether oxygens (including phenoxy) is 1. The van der Waals surface area contributed by atoms with Gasteiger partial charge in [0, 0.05) is 11.3 Å². The van der Waals surface area contributed by atoms with Crippen molar-refractivity contribution in [2.45, 2.75) is 73.0 Å². The molecular weight excluding hydrogens is 415 g/mol. The number of halogens is 1. The summed E-state index contributed by atoms with van der Waals surface area (Å²) in [5.41, 5.74) is -2.78. The highest BCUT2D eigenvalue weighted by Crippen LogP contribution is 2.74. The van der Waals surface area contributed by atoms with Crippen molar-refractivity contribution in [2.24, 2.45) is 17.3 Å². The Morgan fingerprint density at radius 3 is 2.58 bits per heavy atom. The number of ketones is 1. The van der Waals surface area contributed by atoms with E-state index in [-0.39, 0.29) is 18.1 Å². The standard InChI is InChI=1S/C25H27FO4S/c1-22-12-10-17(27)14-16(22)8-9-20-19-11-13-23(2)24(19,15-21(30-23)25(20,22)26)31(28,29)18-6-4-3-5-7-18/h3-7,10,12,14,19-21H,8-9,11,13,15H2,1-2H3/t19-,20-,21+,22-,23+,24-,25?/m0/s1. The molecule has 5 aliphatic rings. The first-order valence-electron chi connectivity index (χ1n) is 11.2. The number of carbonyl (C=O) groups is 1. The van der Waals surface area contributed by atoms with E-state index in [1.54, 1.807) is 42.5 Å². The number of hydrogen-bond acceptors (Lipinski definition) is 4. The molecule has 3 saturated carbocycles. The van der Waals surface area contributed by atoms with Crippen molar-refractivity contribution in [2.75, 3.05) is 0 Å². The first kappa shape index (κ1) is 19.9. The highest BCUT2D eigenvalue weighted by atomic mass is 32.2. The quantitative estimate of drug-likeness (QED) is 0.683. The van der Waals surface area contributed by atoms with Crippen molar-refractivity contribution in [3.63, 3.8) is 0 Å². The van der Waals surface area contributed by atoms with Gasteiger partial charge in [-0.15, -0.1) is 0 Å². The molecule has 0 aromatic heterocycles. The Labute approximate surface area is 182 Å². The predicted molar refractivity (Wildman–Crippen MR) is 114 cm³/mol. The summed E-state index contributed by atoms with van der Waals surface area (Å²) in [6.45, 7) is 3.75. The van der Waals surface area contributed by atoms with Crippen LogP contribution in [0.5, 0.6) is 0 Å². The van der Waals surface area contributed by atoms with Gasteiger partial charge in [-0.3, -0.25) is 4.79 Å². The molecule has 7 atom stereocenters. The van der Waals surface area contributed by atoms with Gasteiger partial charge in [-0.1, -0.05) is 29.8 Å². The minimum atomic E-state index is -3.74. The first-order valence-corrected chi connectivity index (χ1v) is 12.7. The highest BCUT2D eigenvalue weighted by Gasteiger charge is 2.82. The number of allylic oxidation sites excluding steroid dienone is 4. The van der Waals surface area contributed by atoms with E-state index >= 15 is 4.39 Å². The predicted octanol–water partition coefficient (Wildman–Crippen LogP) is 4.36. The van der Waals surface area contributed by atoms with Crippen LogP contribution in [0.3, 0.4) is 0 Å². The highest BCUT2D eigenvalue weighted by molar-refractivity contribution is 7.93. The molecule has 1 aromatic rings. The van der Waals surface area contributed by atoms with Crippen molar-refractivity contribution < 1.29 is 22.3 Å². The summed E-state index contributed by atoms with van der Waals surface area (Å²) in [5.74, 6) is -0.836. The second kappa shape index (κ2) is 5.76. The number of benzene rings is 1. The monoisotopic (exact) mass is 442 g/mol. The fraction of sp³-hybridized carbons (Fsp3) is 0.560.